The van der Waals surface area contributed by atoms with E-state index in [1.807, 2.05) is 0 Å². The lowest BCUT2D eigenvalue weighted by molar-refractivity contribution is -0.121. The second-order valence-corrected chi connectivity index (χ2v) is 5.24. The van der Waals surface area contributed by atoms with Crippen molar-refractivity contribution in [2.45, 2.75) is 9.65 Å². The van der Waals surface area contributed by atoms with Gasteiger partial charge < -0.3 is 0 Å². The fourth-order valence-corrected chi connectivity index (χ4v) is 2.34. The second-order valence-electron chi connectivity index (χ2n) is 3.27. The molecule has 6 heteroatoms. The summed E-state index contributed by atoms with van der Waals surface area (Å²) in [4.78, 5) is 23.0. The van der Waals surface area contributed by atoms with E-state index in [2.05, 4.69) is 31.9 Å². The largest absolute Gasteiger partial charge is 0.273 e. The number of rotatable bonds is 1. The number of anilines is 1. The zero-order valence-electron chi connectivity index (χ0n) is 7.86. The summed E-state index contributed by atoms with van der Waals surface area (Å²) >= 11 is 6.18. The minimum Gasteiger partial charge on any atom is -0.273 e. The molecule has 1 saturated heterocycles. The van der Waals surface area contributed by atoms with Crippen LogP contribution >= 0.6 is 31.9 Å². The minimum absolute atomic E-state index is 0.0103. The van der Waals surface area contributed by atoms with Gasteiger partial charge in [-0.05, 0) is 12.1 Å². The Bertz CT molecular complexity index is 446. The monoisotopic (exact) mass is 349 g/mol. The van der Waals surface area contributed by atoms with Gasteiger partial charge in [-0.2, -0.15) is 0 Å². The molecule has 1 aliphatic heterocycles. The Labute approximate surface area is 108 Å². The maximum absolute atomic E-state index is 13.5. The molecular weight excluding hydrogens is 345 g/mol. The summed E-state index contributed by atoms with van der Waals surface area (Å²) in [5.74, 6) is -1.51. The van der Waals surface area contributed by atoms with Crippen molar-refractivity contribution >= 4 is 49.4 Å². The van der Waals surface area contributed by atoms with Crippen LogP contribution in [0.3, 0.4) is 0 Å². The molecule has 1 aliphatic rings. The summed E-state index contributed by atoms with van der Waals surface area (Å²) in [6.07, 6.45) is 0. The van der Waals surface area contributed by atoms with Crippen LogP contribution in [0.25, 0.3) is 0 Å². The molecule has 84 valence electrons. The number of halogens is 3. The third-order valence-electron chi connectivity index (χ3n) is 2.26. The van der Waals surface area contributed by atoms with E-state index in [9.17, 15) is 14.0 Å². The Balaban J connectivity index is 2.47. The van der Waals surface area contributed by atoms with Gasteiger partial charge in [-0.1, -0.05) is 44.0 Å². The highest BCUT2D eigenvalue weighted by atomic mass is 79.9. The normalized spacial score (nSPS) is 25.3. The molecule has 2 atom stereocenters. The summed E-state index contributed by atoms with van der Waals surface area (Å²) in [7, 11) is 0. The molecule has 0 bridgehead atoms. The Hall–Kier alpha value is -0.750. The molecule has 0 N–H and O–H groups in total. The van der Waals surface area contributed by atoms with Crippen LogP contribution in [-0.2, 0) is 9.59 Å². The van der Waals surface area contributed by atoms with Crippen LogP contribution < -0.4 is 4.90 Å². The van der Waals surface area contributed by atoms with E-state index in [1.165, 1.54) is 18.2 Å². The zero-order chi connectivity index (χ0) is 11.9. The number of alkyl halides is 2. The fourth-order valence-electron chi connectivity index (χ4n) is 1.48. The number of amides is 2. The Kier molecular flexibility index (Phi) is 3.12. The predicted octanol–water partition coefficient (Wildman–Crippen LogP) is 2.23. The van der Waals surface area contributed by atoms with Crippen LogP contribution in [-0.4, -0.2) is 21.5 Å². The van der Waals surface area contributed by atoms with Crippen molar-refractivity contribution in [2.24, 2.45) is 0 Å². The third kappa shape index (κ3) is 1.69. The van der Waals surface area contributed by atoms with Crippen molar-refractivity contribution in [1.29, 1.82) is 0 Å². The number of benzene rings is 1. The Morgan fingerprint density at radius 2 is 1.56 bits per heavy atom. The molecule has 0 spiro atoms. The average Bonchev–Trinajstić information content (AvgIpc) is 2.45. The van der Waals surface area contributed by atoms with Gasteiger partial charge in [0.2, 0.25) is 11.8 Å². The van der Waals surface area contributed by atoms with E-state index < -0.39 is 27.3 Å². The molecule has 0 radical (unpaired) electrons. The Morgan fingerprint density at radius 1 is 1.06 bits per heavy atom. The summed E-state index contributed by atoms with van der Waals surface area (Å²) in [6, 6.07) is 5.68. The molecule has 16 heavy (non-hydrogen) atoms. The highest BCUT2D eigenvalue weighted by molar-refractivity contribution is 9.12. The Morgan fingerprint density at radius 3 is 2.06 bits per heavy atom. The lowest BCUT2D eigenvalue weighted by Crippen LogP contribution is -2.31. The van der Waals surface area contributed by atoms with Gasteiger partial charge in [-0.25, -0.2) is 9.29 Å². The summed E-state index contributed by atoms with van der Waals surface area (Å²) in [5.41, 5.74) is -0.0103. The van der Waals surface area contributed by atoms with E-state index >= 15 is 0 Å². The summed E-state index contributed by atoms with van der Waals surface area (Å²) < 4.78 is 13.5. The summed E-state index contributed by atoms with van der Waals surface area (Å²) in [6.45, 7) is 0. The maximum Gasteiger partial charge on any atom is 0.249 e. The molecule has 2 amide bonds. The van der Waals surface area contributed by atoms with Gasteiger partial charge in [-0.3, -0.25) is 9.59 Å². The van der Waals surface area contributed by atoms with Crippen molar-refractivity contribution < 1.29 is 14.0 Å². The zero-order valence-corrected chi connectivity index (χ0v) is 11.0. The quantitative estimate of drug-likeness (QED) is 0.575. The SMILES string of the molecule is O=C1[C@H](Br)[C@@H](Br)C(=O)N1c1ccccc1F. The number of hydrogen-bond acceptors (Lipinski definition) is 2. The van der Waals surface area contributed by atoms with E-state index in [0.29, 0.717) is 0 Å². The summed E-state index contributed by atoms with van der Waals surface area (Å²) in [5, 5.41) is 0. The number of carbonyl (C=O) groups excluding carboxylic acids is 2. The van der Waals surface area contributed by atoms with Gasteiger partial charge in [0.05, 0.1) is 5.69 Å². The molecule has 1 aromatic carbocycles. The number of carbonyl (C=O) groups is 2. The van der Waals surface area contributed by atoms with Crippen LogP contribution in [0, 0.1) is 5.82 Å². The highest BCUT2D eigenvalue weighted by Gasteiger charge is 2.46. The van der Waals surface area contributed by atoms with Gasteiger partial charge in [-0.15, -0.1) is 0 Å². The molecule has 1 fully saturated rings. The first-order valence-corrected chi connectivity index (χ1v) is 6.27. The van der Waals surface area contributed by atoms with E-state index in [4.69, 9.17) is 0 Å². The standard InChI is InChI=1S/C10H6Br2FNO2/c11-7-8(12)10(16)14(9(7)15)6-4-2-1-3-5(6)13/h1-4,7-8H/t7-,8-/m1/s1. The lowest BCUT2D eigenvalue weighted by atomic mass is 10.3. The van der Waals surface area contributed by atoms with Crippen LogP contribution in [0.5, 0.6) is 0 Å². The second kappa shape index (κ2) is 4.25. The molecule has 0 unspecified atom stereocenters. The number of hydrogen-bond donors (Lipinski definition) is 0. The van der Waals surface area contributed by atoms with Gasteiger partial charge >= 0.3 is 0 Å². The highest BCUT2D eigenvalue weighted by Crippen LogP contribution is 2.32. The predicted molar refractivity (Wildman–Crippen MR) is 64.3 cm³/mol. The number of imide groups is 1. The smallest absolute Gasteiger partial charge is 0.249 e. The average molecular weight is 351 g/mol. The fraction of sp³-hybridized carbons (Fsp3) is 0.200. The number of para-hydroxylation sites is 1. The number of nitrogens with zero attached hydrogens (tertiary/aromatic N) is 1. The third-order valence-corrected chi connectivity index (χ3v) is 4.81. The van der Waals surface area contributed by atoms with Gasteiger partial charge in [0, 0.05) is 0 Å². The topological polar surface area (TPSA) is 37.4 Å². The van der Waals surface area contributed by atoms with E-state index in [1.54, 1.807) is 6.07 Å². The molecule has 3 nitrogen and oxygen atoms in total. The van der Waals surface area contributed by atoms with Crippen molar-refractivity contribution in [1.82, 2.24) is 0 Å². The first kappa shape index (κ1) is 11.7. The van der Waals surface area contributed by atoms with Crippen molar-refractivity contribution in [3.05, 3.63) is 30.1 Å². The van der Waals surface area contributed by atoms with E-state index in [0.717, 1.165) is 4.90 Å². The van der Waals surface area contributed by atoms with Crippen molar-refractivity contribution in [3.8, 4) is 0 Å². The van der Waals surface area contributed by atoms with Gasteiger partial charge in [0.1, 0.15) is 15.5 Å². The van der Waals surface area contributed by atoms with Crippen molar-refractivity contribution in [3.63, 3.8) is 0 Å². The molecular formula is C10H6Br2FNO2. The first-order valence-electron chi connectivity index (χ1n) is 4.44. The van der Waals surface area contributed by atoms with Gasteiger partial charge in [0.25, 0.3) is 0 Å². The lowest BCUT2D eigenvalue weighted by Gasteiger charge is -2.14. The molecule has 1 aromatic rings. The minimum atomic E-state index is -0.653. The van der Waals surface area contributed by atoms with Crippen LogP contribution in [0.2, 0.25) is 0 Å². The first-order chi connectivity index (χ1) is 7.54. The van der Waals surface area contributed by atoms with Crippen LogP contribution in [0.4, 0.5) is 10.1 Å². The maximum atomic E-state index is 13.5. The van der Waals surface area contributed by atoms with Crippen LogP contribution in [0.15, 0.2) is 24.3 Å². The van der Waals surface area contributed by atoms with Crippen LogP contribution in [0.1, 0.15) is 0 Å². The van der Waals surface area contributed by atoms with Gasteiger partial charge in [0.15, 0.2) is 0 Å². The molecule has 0 aliphatic carbocycles. The van der Waals surface area contributed by atoms with E-state index in [-0.39, 0.29) is 5.69 Å². The molecule has 1 heterocycles. The van der Waals surface area contributed by atoms with Crippen molar-refractivity contribution in [2.75, 3.05) is 4.90 Å². The molecule has 0 saturated carbocycles. The molecule has 0 aromatic heterocycles. The molecule has 2 rings (SSSR count).